The summed E-state index contributed by atoms with van der Waals surface area (Å²) in [7, 11) is 0. The molecule has 2 atom stereocenters. The van der Waals surface area contributed by atoms with Gasteiger partial charge in [-0.2, -0.15) is 0 Å². The number of hydrogen-bond acceptors (Lipinski definition) is 5. The molecule has 1 aliphatic carbocycles. The van der Waals surface area contributed by atoms with Gasteiger partial charge in [-0.05, 0) is 50.5 Å². The Morgan fingerprint density at radius 2 is 2.00 bits per heavy atom. The summed E-state index contributed by atoms with van der Waals surface area (Å²) in [4.78, 5) is 15.6. The first-order valence-corrected chi connectivity index (χ1v) is 8.52. The summed E-state index contributed by atoms with van der Waals surface area (Å²) in [6, 6.07) is 6.02. The molecule has 134 valence electrons. The Balaban J connectivity index is 1.60. The standard InChI is InChI=1S/C19H22FNO4/c1-12-18(21-19(24-12)14-6-8-15(20)9-7-14)11-23-16-4-3-5-17(10-16)25-13(2)22/h6-9,16-17H,3-5,10-11H2,1-2H3/t16-,17+/m0/s1. The molecule has 0 amide bonds. The highest BCUT2D eigenvalue weighted by Crippen LogP contribution is 2.26. The van der Waals surface area contributed by atoms with Crippen molar-refractivity contribution in [2.75, 3.05) is 0 Å². The third-order valence-corrected chi connectivity index (χ3v) is 4.35. The van der Waals surface area contributed by atoms with Gasteiger partial charge in [-0.3, -0.25) is 4.79 Å². The number of carbonyl (C=O) groups is 1. The van der Waals surface area contributed by atoms with Crippen LogP contribution in [0.1, 0.15) is 44.1 Å². The maximum absolute atomic E-state index is 13.0. The van der Waals surface area contributed by atoms with Crippen molar-refractivity contribution >= 4 is 5.97 Å². The first-order valence-electron chi connectivity index (χ1n) is 8.52. The van der Waals surface area contributed by atoms with Crippen LogP contribution in [0.3, 0.4) is 0 Å². The second kappa shape index (κ2) is 7.78. The first-order chi connectivity index (χ1) is 12.0. The van der Waals surface area contributed by atoms with E-state index in [1.165, 1.54) is 19.1 Å². The lowest BCUT2D eigenvalue weighted by Gasteiger charge is -2.28. The fourth-order valence-electron chi connectivity index (χ4n) is 3.07. The largest absolute Gasteiger partial charge is 0.462 e. The summed E-state index contributed by atoms with van der Waals surface area (Å²) in [5.41, 5.74) is 1.46. The lowest BCUT2D eigenvalue weighted by atomic mass is 9.95. The van der Waals surface area contributed by atoms with Crippen LogP contribution in [0, 0.1) is 12.7 Å². The Morgan fingerprint density at radius 3 is 2.72 bits per heavy atom. The van der Waals surface area contributed by atoms with Gasteiger partial charge in [0.2, 0.25) is 5.89 Å². The smallest absolute Gasteiger partial charge is 0.302 e. The Hall–Kier alpha value is -2.21. The molecule has 0 spiro atoms. The second-order valence-electron chi connectivity index (χ2n) is 6.36. The molecular weight excluding hydrogens is 325 g/mol. The van der Waals surface area contributed by atoms with E-state index in [9.17, 15) is 9.18 Å². The summed E-state index contributed by atoms with van der Waals surface area (Å²) in [5.74, 6) is 0.598. The van der Waals surface area contributed by atoms with Crippen molar-refractivity contribution in [2.24, 2.45) is 0 Å². The molecule has 25 heavy (non-hydrogen) atoms. The quantitative estimate of drug-likeness (QED) is 0.759. The monoisotopic (exact) mass is 347 g/mol. The van der Waals surface area contributed by atoms with Crippen LogP contribution in [0.25, 0.3) is 11.5 Å². The van der Waals surface area contributed by atoms with Gasteiger partial charge < -0.3 is 13.9 Å². The van der Waals surface area contributed by atoms with E-state index in [0.717, 1.165) is 30.5 Å². The molecule has 0 saturated heterocycles. The van der Waals surface area contributed by atoms with Gasteiger partial charge in [-0.15, -0.1) is 0 Å². The molecule has 1 heterocycles. The maximum Gasteiger partial charge on any atom is 0.302 e. The van der Waals surface area contributed by atoms with Gasteiger partial charge in [-0.1, -0.05) is 0 Å². The van der Waals surface area contributed by atoms with Crippen molar-refractivity contribution in [3.63, 3.8) is 0 Å². The van der Waals surface area contributed by atoms with E-state index in [-0.39, 0.29) is 24.0 Å². The van der Waals surface area contributed by atoms with E-state index in [2.05, 4.69) is 4.98 Å². The number of carbonyl (C=O) groups excluding carboxylic acids is 1. The van der Waals surface area contributed by atoms with Crippen LogP contribution in [-0.4, -0.2) is 23.2 Å². The van der Waals surface area contributed by atoms with Gasteiger partial charge in [0.1, 0.15) is 23.4 Å². The van der Waals surface area contributed by atoms with Crippen LogP contribution in [0.15, 0.2) is 28.7 Å². The summed E-state index contributed by atoms with van der Waals surface area (Å²) in [6.45, 7) is 3.61. The van der Waals surface area contributed by atoms with Crippen molar-refractivity contribution < 1.29 is 23.1 Å². The molecule has 1 aromatic carbocycles. The van der Waals surface area contributed by atoms with Crippen LogP contribution in [0.2, 0.25) is 0 Å². The van der Waals surface area contributed by atoms with E-state index < -0.39 is 0 Å². The lowest BCUT2D eigenvalue weighted by molar-refractivity contribution is -0.150. The molecule has 1 aliphatic rings. The van der Waals surface area contributed by atoms with Gasteiger partial charge in [0.15, 0.2) is 0 Å². The number of aromatic nitrogens is 1. The van der Waals surface area contributed by atoms with Crippen molar-refractivity contribution in [3.8, 4) is 11.5 Å². The predicted molar refractivity (Wildman–Crippen MR) is 89.2 cm³/mol. The minimum absolute atomic E-state index is 0.0449. The molecule has 0 unspecified atom stereocenters. The predicted octanol–water partition coefficient (Wildman–Crippen LogP) is 4.18. The van der Waals surface area contributed by atoms with E-state index in [1.807, 2.05) is 6.92 Å². The summed E-state index contributed by atoms with van der Waals surface area (Å²) in [5, 5.41) is 0. The highest BCUT2D eigenvalue weighted by molar-refractivity contribution is 5.66. The summed E-state index contributed by atoms with van der Waals surface area (Å²) in [6.07, 6.45) is 3.49. The van der Waals surface area contributed by atoms with Gasteiger partial charge in [-0.25, -0.2) is 9.37 Å². The molecule has 0 radical (unpaired) electrons. The number of hydrogen-bond donors (Lipinski definition) is 0. The SMILES string of the molecule is CC(=O)O[C@@H]1CCC[C@H](OCc2nc(-c3ccc(F)cc3)oc2C)C1. The molecule has 1 aromatic heterocycles. The van der Waals surface area contributed by atoms with Gasteiger partial charge in [0.05, 0.1) is 12.7 Å². The number of aryl methyl sites for hydroxylation is 1. The van der Waals surface area contributed by atoms with E-state index >= 15 is 0 Å². The third-order valence-electron chi connectivity index (χ3n) is 4.35. The Labute approximate surface area is 146 Å². The summed E-state index contributed by atoms with van der Waals surface area (Å²) >= 11 is 0. The Kier molecular flexibility index (Phi) is 5.48. The van der Waals surface area contributed by atoms with Crippen LogP contribution in [-0.2, 0) is 20.9 Å². The number of benzene rings is 1. The minimum Gasteiger partial charge on any atom is -0.462 e. The van der Waals surface area contributed by atoms with Crippen LogP contribution >= 0.6 is 0 Å². The molecule has 0 aliphatic heterocycles. The molecule has 2 aromatic rings. The lowest BCUT2D eigenvalue weighted by Crippen LogP contribution is -2.29. The number of halogens is 1. The molecule has 0 bridgehead atoms. The van der Waals surface area contributed by atoms with Crippen molar-refractivity contribution in [2.45, 2.75) is 58.3 Å². The topological polar surface area (TPSA) is 61.6 Å². The summed E-state index contributed by atoms with van der Waals surface area (Å²) < 4.78 is 29.9. The molecule has 3 rings (SSSR count). The molecule has 0 N–H and O–H groups in total. The first kappa shape index (κ1) is 17.6. The number of esters is 1. The Morgan fingerprint density at radius 1 is 1.28 bits per heavy atom. The van der Waals surface area contributed by atoms with Crippen LogP contribution in [0.4, 0.5) is 4.39 Å². The average Bonchev–Trinajstić information content (AvgIpc) is 2.94. The van der Waals surface area contributed by atoms with Gasteiger partial charge in [0.25, 0.3) is 0 Å². The zero-order valence-corrected chi connectivity index (χ0v) is 14.5. The third kappa shape index (κ3) is 4.66. The number of rotatable bonds is 5. The fourth-order valence-corrected chi connectivity index (χ4v) is 3.07. The Bertz CT molecular complexity index is 726. The van der Waals surface area contributed by atoms with Crippen LogP contribution in [0.5, 0.6) is 0 Å². The molecule has 5 nitrogen and oxygen atoms in total. The minimum atomic E-state index is -0.296. The molecule has 6 heteroatoms. The zero-order valence-electron chi connectivity index (χ0n) is 14.5. The van der Waals surface area contributed by atoms with Gasteiger partial charge in [0, 0.05) is 18.9 Å². The molecule has 1 saturated carbocycles. The zero-order chi connectivity index (χ0) is 17.8. The highest BCUT2D eigenvalue weighted by Gasteiger charge is 2.25. The van der Waals surface area contributed by atoms with Crippen molar-refractivity contribution in [1.82, 2.24) is 4.98 Å². The average molecular weight is 347 g/mol. The van der Waals surface area contributed by atoms with Gasteiger partial charge >= 0.3 is 5.97 Å². The normalized spacial score (nSPS) is 20.4. The highest BCUT2D eigenvalue weighted by atomic mass is 19.1. The van der Waals surface area contributed by atoms with Crippen molar-refractivity contribution in [3.05, 3.63) is 41.5 Å². The van der Waals surface area contributed by atoms with E-state index in [1.54, 1.807) is 12.1 Å². The fraction of sp³-hybridized carbons (Fsp3) is 0.474. The second-order valence-corrected chi connectivity index (χ2v) is 6.36. The number of oxazole rings is 1. The maximum atomic E-state index is 13.0. The van der Waals surface area contributed by atoms with Crippen molar-refractivity contribution in [1.29, 1.82) is 0 Å². The number of ether oxygens (including phenoxy) is 2. The number of nitrogens with zero attached hydrogens (tertiary/aromatic N) is 1. The molecular formula is C19H22FNO4. The molecule has 1 fully saturated rings. The van der Waals surface area contributed by atoms with E-state index in [4.69, 9.17) is 13.9 Å². The van der Waals surface area contributed by atoms with E-state index in [0.29, 0.717) is 24.7 Å². The van der Waals surface area contributed by atoms with Crippen LogP contribution < -0.4 is 0 Å².